The minimum absolute atomic E-state index is 0.324. The van der Waals surface area contributed by atoms with Gasteiger partial charge in [0.05, 0.1) is 19.0 Å². The number of aliphatic hydroxyl groups excluding tert-OH is 1. The molecule has 1 fully saturated rings. The summed E-state index contributed by atoms with van der Waals surface area (Å²) in [7, 11) is 0.426. The summed E-state index contributed by atoms with van der Waals surface area (Å²) in [4.78, 5) is 2.04. The van der Waals surface area contributed by atoms with Crippen molar-refractivity contribution in [2.45, 2.75) is 18.9 Å². The van der Waals surface area contributed by atoms with Gasteiger partial charge >= 0.3 is 0 Å². The van der Waals surface area contributed by atoms with E-state index < -0.39 is 16.1 Å². The van der Waals surface area contributed by atoms with E-state index in [1.165, 1.54) is 6.26 Å². The Balaban J connectivity index is 2.40. The number of methoxy groups -OCH3 is 1. The van der Waals surface area contributed by atoms with E-state index in [2.05, 4.69) is 0 Å². The average molecular weight is 294 g/mol. The number of hydrogen-bond acceptors (Lipinski definition) is 5. The van der Waals surface area contributed by atoms with Crippen LogP contribution in [0, 0.1) is 5.92 Å². The Labute approximate surface area is 116 Å². The number of likely N-dealkylation sites (N-methyl/N-ethyl adjacent to an activating group) is 1. The molecular weight excluding hydrogens is 268 g/mol. The van der Waals surface area contributed by atoms with Crippen LogP contribution in [0.4, 0.5) is 0 Å². The van der Waals surface area contributed by atoms with Crippen molar-refractivity contribution >= 4 is 10.0 Å². The van der Waals surface area contributed by atoms with E-state index in [4.69, 9.17) is 4.74 Å². The molecule has 0 spiro atoms. The first-order chi connectivity index (χ1) is 8.82. The maximum atomic E-state index is 11.5. The van der Waals surface area contributed by atoms with E-state index >= 15 is 0 Å². The molecule has 0 amide bonds. The van der Waals surface area contributed by atoms with Gasteiger partial charge in [-0.25, -0.2) is 12.7 Å². The highest BCUT2D eigenvalue weighted by Crippen LogP contribution is 2.19. The van der Waals surface area contributed by atoms with Crippen LogP contribution in [-0.4, -0.2) is 82.0 Å². The largest absolute Gasteiger partial charge is 0.389 e. The Bertz CT molecular complexity index is 361. The summed E-state index contributed by atoms with van der Waals surface area (Å²) in [5.74, 6) is 0.336. The van der Waals surface area contributed by atoms with E-state index in [0.29, 0.717) is 32.2 Å². The molecule has 1 rings (SSSR count). The van der Waals surface area contributed by atoms with Crippen molar-refractivity contribution in [1.29, 1.82) is 0 Å². The molecule has 0 aromatic heterocycles. The van der Waals surface area contributed by atoms with Crippen molar-refractivity contribution < 1.29 is 18.3 Å². The van der Waals surface area contributed by atoms with Crippen LogP contribution < -0.4 is 0 Å². The molecule has 1 aliphatic rings. The maximum absolute atomic E-state index is 11.5. The lowest BCUT2D eigenvalue weighted by Gasteiger charge is -2.33. The molecule has 114 valence electrons. The van der Waals surface area contributed by atoms with Crippen LogP contribution in [0.1, 0.15) is 12.8 Å². The van der Waals surface area contributed by atoms with Gasteiger partial charge in [-0.15, -0.1) is 0 Å². The molecule has 2 unspecified atom stereocenters. The summed E-state index contributed by atoms with van der Waals surface area (Å²) in [5, 5.41) is 9.66. The third-order valence-electron chi connectivity index (χ3n) is 3.40. The smallest absolute Gasteiger partial charge is 0.211 e. The fraction of sp³-hybridized carbons (Fsp3) is 1.00. The number of nitrogens with zero attached hydrogens (tertiary/aromatic N) is 2. The standard InChI is InChI=1S/C12H26N2O4S/c1-13(9-12(15)10-18-2)7-11-5-4-6-14(8-11)19(3,16)17/h11-12,15H,4-10H2,1-3H3. The topological polar surface area (TPSA) is 70.1 Å². The molecule has 0 aromatic carbocycles. The Morgan fingerprint density at radius 2 is 2.21 bits per heavy atom. The Morgan fingerprint density at radius 3 is 2.79 bits per heavy atom. The van der Waals surface area contributed by atoms with Crippen molar-refractivity contribution in [3.05, 3.63) is 0 Å². The fourth-order valence-electron chi connectivity index (χ4n) is 2.60. The van der Waals surface area contributed by atoms with Crippen molar-refractivity contribution in [2.75, 3.05) is 53.2 Å². The third-order valence-corrected chi connectivity index (χ3v) is 4.67. The number of piperidine rings is 1. The molecule has 0 aromatic rings. The van der Waals surface area contributed by atoms with Gasteiger partial charge in [-0.05, 0) is 25.8 Å². The number of rotatable bonds is 7. The average Bonchev–Trinajstić information content (AvgIpc) is 2.28. The number of ether oxygens (including phenoxy) is 1. The van der Waals surface area contributed by atoms with Crippen molar-refractivity contribution in [2.24, 2.45) is 5.92 Å². The molecule has 0 aliphatic carbocycles. The molecule has 1 heterocycles. The van der Waals surface area contributed by atoms with E-state index in [1.807, 2.05) is 11.9 Å². The van der Waals surface area contributed by atoms with Gasteiger partial charge in [-0.2, -0.15) is 0 Å². The minimum atomic E-state index is -3.08. The normalized spacial score (nSPS) is 23.7. The molecule has 0 radical (unpaired) electrons. The van der Waals surface area contributed by atoms with Crippen LogP contribution in [0.15, 0.2) is 0 Å². The molecule has 0 saturated carbocycles. The second-order valence-corrected chi connectivity index (χ2v) is 7.44. The van der Waals surface area contributed by atoms with Gasteiger partial charge in [0, 0.05) is 33.3 Å². The molecule has 1 N–H and O–H groups in total. The second kappa shape index (κ2) is 7.54. The third kappa shape index (κ3) is 6.18. The van der Waals surface area contributed by atoms with Crippen LogP contribution in [0.3, 0.4) is 0 Å². The summed E-state index contributed by atoms with van der Waals surface area (Å²) in [5.41, 5.74) is 0. The molecular formula is C12H26N2O4S. The molecule has 6 nitrogen and oxygen atoms in total. The minimum Gasteiger partial charge on any atom is -0.389 e. The zero-order valence-electron chi connectivity index (χ0n) is 12.1. The summed E-state index contributed by atoms with van der Waals surface area (Å²) in [6.45, 7) is 2.88. The van der Waals surface area contributed by atoms with E-state index in [-0.39, 0.29) is 0 Å². The Morgan fingerprint density at radius 1 is 1.53 bits per heavy atom. The maximum Gasteiger partial charge on any atom is 0.211 e. The van der Waals surface area contributed by atoms with Crippen LogP contribution in [0.2, 0.25) is 0 Å². The monoisotopic (exact) mass is 294 g/mol. The quantitative estimate of drug-likeness (QED) is 0.692. The Hall–Kier alpha value is -0.210. The first-order valence-electron chi connectivity index (χ1n) is 6.63. The predicted octanol–water partition coefficient (Wildman–Crippen LogP) is -0.403. The lowest BCUT2D eigenvalue weighted by Crippen LogP contribution is -2.44. The Kier molecular flexibility index (Phi) is 6.68. The number of hydrogen-bond donors (Lipinski definition) is 1. The van der Waals surface area contributed by atoms with Crippen LogP contribution in [0.5, 0.6) is 0 Å². The van der Waals surface area contributed by atoms with Crippen molar-refractivity contribution in [1.82, 2.24) is 9.21 Å². The van der Waals surface area contributed by atoms with Gasteiger partial charge in [0.2, 0.25) is 10.0 Å². The molecule has 1 aliphatic heterocycles. The summed E-state index contributed by atoms with van der Waals surface area (Å²) in [6, 6.07) is 0. The van der Waals surface area contributed by atoms with Gasteiger partial charge in [-0.3, -0.25) is 0 Å². The lowest BCUT2D eigenvalue weighted by molar-refractivity contribution is 0.0384. The van der Waals surface area contributed by atoms with Crippen LogP contribution in [-0.2, 0) is 14.8 Å². The van der Waals surface area contributed by atoms with Gasteiger partial charge in [0.25, 0.3) is 0 Å². The SMILES string of the molecule is COCC(O)CN(C)CC1CCCN(S(C)(=O)=O)C1. The molecule has 0 bridgehead atoms. The van der Waals surface area contributed by atoms with Crippen LogP contribution in [0.25, 0.3) is 0 Å². The fourth-order valence-corrected chi connectivity index (χ4v) is 3.54. The molecule has 1 saturated heterocycles. The summed E-state index contributed by atoms with van der Waals surface area (Å²) >= 11 is 0. The molecule has 19 heavy (non-hydrogen) atoms. The van der Waals surface area contributed by atoms with Crippen molar-refractivity contribution in [3.63, 3.8) is 0 Å². The number of sulfonamides is 1. The summed E-state index contributed by atoms with van der Waals surface area (Å²) < 4.78 is 29.5. The predicted molar refractivity (Wildman–Crippen MR) is 74.5 cm³/mol. The van der Waals surface area contributed by atoms with E-state index in [0.717, 1.165) is 19.4 Å². The molecule has 7 heteroatoms. The zero-order chi connectivity index (χ0) is 14.5. The van der Waals surface area contributed by atoms with Gasteiger partial charge < -0.3 is 14.7 Å². The highest BCUT2D eigenvalue weighted by Gasteiger charge is 2.26. The van der Waals surface area contributed by atoms with Crippen LogP contribution >= 0.6 is 0 Å². The second-order valence-electron chi connectivity index (χ2n) is 5.46. The first-order valence-corrected chi connectivity index (χ1v) is 8.48. The summed E-state index contributed by atoms with van der Waals surface area (Å²) in [6.07, 6.45) is 2.72. The van der Waals surface area contributed by atoms with Gasteiger partial charge in [-0.1, -0.05) is 0 Å². The van der Waals surface area contributed by atoms with Gasteiger partial charge in [0.1, 0.15) is 0 Å². The lowest BCUT2D eigenvalue weighted by atomic mass is 9.99. The zero-order valence-corrected chi connectivity index (χ0v) is 12.9. The first kappa shape index (κ1) is 16.8. The van der Waals surface area contributed by atoms with E-state index in [9.17, 15) is 13.5 Å². The molecule has 2 atom stereocenters. The van der Waals surface area contributed by atoms with E-state index in [1.54, 1.807) is 11.4 Å². The highest BCUT2D eigenvalue weighted by atomic mass is 32.2. The highest BCUT2D eigenvalue weighted by molar-refractivity contribution is 7.88. The number of aliphatic hydroxyl groups is 1. The van der Waals surface area contributed by atoms with Gasteiger partial charge in [0.15, 0.2) is 0 Å². The van der Waals surface area contributed by atoms with Crippen molar-refractivity contribution in [3.8, 4) is 0 Å².